The van der Waals surface area contributed by atoms with E-state index < -0.39 is 32.1 Å². The maximum absolute atomic E-state index is 10.8. The Morgan fingerprint density at radius 3 is 0.959 bits per heavy atom. The van der Waals surface area contributed by atoms with Crippen LogP contribution in [0.5, 0.6) is 0 Å². The maximum atomic E-state index is 10.8. The van der Waals surface area contributed by atoms with Crippen LogP contribution in [-0.4, -0.2) is 67.8 Å². The molecule has 0 aliphatic rings. The van der Waals surface area contributed by atoms with E-state index in [9.17, 15) is 34.5 Å². The van der Waals surface area contributed by atoms with Crippen molar-refractivity contribution < 1.29 is 39.2 Å². The van der Waals surface area contributed by atoms with Crippen LogP contribution in [0.2, 0.25) is 4.44 Å². The van der Waals surface area contributed by atoms with Crippen molar-refractivity contribution in [2.45, 2.75) is 184 Å². The first-order valence-corrected chi connectivity index (χ1v) is 21.5. The summed E-state index contributed by atoms with van der Waals surface area (Å²) >= 11 is 13.8. The van der Waals surface area contributed by atoms with Crippen LogP contribution in [0.25, 0.3) is 0 Å². The predicted molar refractivity (Wildman–Crippen MR) is 208 cm³/mol. The minimum atomic E-state index is -1.06. The Balaban J connectivity index is -0.000000283. The van der Waals surface area contributed by atoms with Crippen molar-refractivity contribution in [3.05, 3.63) is 0 Å². The number of ether oxygens (including phenoxy) is 1. The van der Waals surface area contributed by atoms with E-state index in [1.54, 1.807) is 20.8 Å². The van der Waals surface area contributed by atoms with E-state index in [-0.39, 0.29) is 5.97 Å². The molecule has 6 atom stereocenters. The summed E-state index contributed by atoms with van der Waals surface area (Å²) in [5, 5.41) is 32.3. The molecule has 0 fully saturated rings. The van der Waals surface area contributed by atoms with Gasteiger partial charge in [0.05, 0.1) is 17.9 Å². The zero-order valence-electron chi connectivity index (χ0n) is 32.4. The topological polar surface area (TPSA) is 147 Å². The van der Waals surface area contributed by atoms with Crippen LogP contribution in [0.1, 0.15) is 165 Å². The van der Waals surface area contributed by atoms with Gasteiger partial charge >= 0.3 is 56.0 Å². The Morgan fingerprint density at radius 2 is 0.837 bits per heavy atom. The van der Waals surface area contributed by atoms with Crippen LogP contribution in [0, 0.1) is 17.8 Å². The number of rotatable bonds is 23. The van der Waals surface area contributed by atoms with Crippen molar-refractivity contribution in [1.82, 2.24) is 0 Å². The summed E-state index contributed by atoms with van der Waals surface area (Å²) in [6.45, 7) is 17.6. The molecule has 0 bridgehead atoms. The summed E-state index contributed by atoms with van der Waals surface area (Å²) in [6, 6.07) is 0. The van der Waals surface area contributed by atoms with Crippen LogP contribution >= 0.6 is 37.9 Å². The van der Waals surface area contributed by atoms with Crippen molar-refractivity contribution in [3.8, 4) is 0 Å². The number of hydrogen-bond donors (Lipinski definition) is 3. The molecule has 0 rings (SSSR count). The fraction of sp³-hybridized carbons (Fsp3) is 0.892. The molecule has 6 unspecified atom stereocenters. The molecule has 0 aliphatic heterocycles. The molecular formula is C37H70O8S3Sn. The summed E-state index contributed by atoms with van der Waals surface area (Å²) in [7, 11) is 1.41. The molecule has 0 amide bonds. The number of methoxy groups -OCH3 is 1. The normalized spacial score (nSPS) is 16.1. The summed E-state index contributed by atoms with van der Waals surface area (Å²) < 4.78 is 2.39. The summed E-state index contributed by atoms with van der Waals surface area (Å²) in [6.07, 6.45) is 15.7. The summed E-state index contributed by atoms with van der Waals surface area (Å²) in [5.74, 6) is -1.92. The molecule has 0 saturated carbocycles. The Bertz CT molecular complexity index is 773. The fourth-order valence-electron chi connectivity index (χ4n) is 4.97. The molecule has 288 valence electrons. The van der Waals surface area contributed by atoms with Gasteiger partial charge in [0, 0.05) is 14.2 Å². The molecule has 12 heteroatoms. The first kappa shape index (κ1) is 55.5. The second-order valence-electron chi connectivity index (χ2n) is 13.6. The van der Waals surface area contributed by atoms with Crippen LogP contribution in [0.15, 0.2) is 0 Å². The number of carbonyl (C=O) groups is 4. The van der Waals surface area contributed by atoms with Crippen molar-refractivity contribution in [2.24, 2.45) is 17.8 Å². The molecule has 8 nitrogen and oxygen atoms in total. The molecule has 0 heterocycles. The van der Waals surface area contributed by atoms with Crippen LogP contribution in [0.3, 0.4) is 0 Å². The van der Waals surface area contributed by atoms with E-state index in [0.717, 1.165) is 81.5 Å². The zero-order valence-corrected chi connectivity index (χ0v) is 37.9. The molecule has 0 aromatic heterocycles. The second-order valence-corrected chi connectivity index (χ2v) is 18.0. The third-order valence-corrected chi connectivity index (χ3v) is 10.4. The molecule has 0 aromatic rings. The number of carboxylic acids is 3. The van der Waals surface area contributed by atoms with Gasteiger partial charge in [-0.2, -0.15) is 37.9 Å². The first-order chi connectivity index (χ1) is 22.6. The first-order valence-electron chi connectivity index (χ1n) is 18.1. The number of hydrogen-bond acceptors (Lipinski definition) is 11. The van der Waals surface area contributed by atoms with E-state index in [1.807, 2.05) is 0 Å². The summed E-state index contributed by atoms with van der Waals surface area (Å²) in [5.41, 5.74) is 0. The average Bonchev–Trinajstić information content (AvgIpc) is 3.03. The van der Waals surface area contributed by atoms with Gasteiger partial charge < -0.3 is 29.7 Å². The molecule has 0 aromatic carbocycles. The molecule has 0 saturated heterocycles. The van der Waals surface area contributed by atoms with Gasteiger partial charge in [-0.25, -0.2) is 0 Å². The van der Waals surface area contributed by atoms with Gasteiger partial charge in [0.15, 0.2) is 0 Å². The van der Waals surface area contributed by atoms with E-state index in [1.165, 1.54) is 29.6 Å². The van der Waals surface area contributed by atoms with Crippen LogP contribution in [-0.2, 0) is 23.9 Å². The van der Waals surface area contributed by atoms with Crippen LogP contribution < -0.4 is 15.3 Å². The molecule has 49 heavy (non-hydrogen) atoms. The van der Waals surface area contributed by atoms with Gasteiger partial charge in [0.2, 0.25) is 0 Å². The van der Waals surface area contributed by atoms with Gasteiger partial charge in [0.25, 0.3) is 0 Å². The van der Waals surface area contributed by atoms with Crippen molar-refractivity contribution >= 4 is 84.3 Å². The van der Waals surface area contributed by atoms with Crippen molar-refractivity contribution in [2.75, 3.05) is 7.11 Å². The average molecular weight is 858 g/mol. The van der Waals surface area contributed by atoms with E-state index in [4.69, 9.17) is 0 Å². The van der Waals surface area contributed by atoms with E-state index >= 15 is 0 Å². The number of unbranched alkanes of at least 4 members (excludes halogenated alkanes) is 3. The Hall–Kier alpha value is -0.271. The Morgan fingerprint density at radius 1 is 0.592 bits per heavy atom. The number of carbonyl (C=O) groups excluding carboxylic acids is 4. The minimum absolute atomic E-state index is 0.100. The SMILES string of the molecule is CCCCC(CC)CC(C)(S)C(=O)[O-].CCCCC(CC)CC(C)(S)C(=O)[O-].CCCCC(CC)CC(C)(S)C(=O)[O-].COC(=O)C[CH2][Sn+3]. The van der Waals surface area contributed by atoms with Gasteiger partial charge in [0.1, 0.15) is 0 Å². The van der Waals surface area contributed by atoms with Crippen molar-refractivity contribution in [1.29, 1.82) is 0 Å². The Kier molecular flexibility index (Phi) is 36.7. The fourth-order valence-corrected chi connectivity index (χ4v) is 6.33. The molecule has 0 aliphatic carbocycles. The molecular weight excluding hydrogens is 787 g/mol. The monoisotopic (exact) mass is 858 g/mol. The second kappa shape index (κ2) is 32.4. The van der Waals surface area contributed by atoms with Gasteiger partial charge in [-0.3, -0.25) is 0 Å². The molecule has 0 radical (unpaired) electrons. The number of aliphatic carboxylic acids is 3. The summed E-state index contributed by atoms with van der Waals surface area (Å²) in [4.78, 5) is 42.5. The van der Waals surface area contributed by atoms with Gasteiger partial charge in [-0.1, -0.05) is 119 Å². The Labute approximate surface area is 330 Å². The standard InChI is InChI=1S/3C11H22O2S.C4H7O2.Sn/c3*1-4-6-7-9(5-2)8-11(3,14)10(12)13;1-3-4(5)6-2;/h3*9,14H,4-8H2,1-3H3,(H,12,13);1,3H2,2H3;/q;;;;+3/p-3. The third-order valence-electron chi connectivity index (χ3n) is 8.56. The number of esters is 1. The number of thiol groups is 3. The predicted octanol–water partition coefficient (Wildman–Crippen LogP) is 6.23. The molecule has 0 spiro atoms. The van der Waals surface area contributed by atoms with Crippen LogP contribution in [0.4, 0.5) is 0 Å². The van der Waals surface area contributed by atoms with E-state index in [0.29, 0.717) is 43.4 Å². The molecule has 0 N–H and O–H groups in total. The van der Waals surface area contributed by atoms with E-state index in [2.05, 4.69) is 84.2 Å². The third kappa shape index (κ3) is 32.1. The van der Waals surface area contributed by atoms with Gasteiger partial charge in [-0.05, 0) is 57.8 Å². The van der Waals surface area contributed by atoms with Crippen molar-refractivity contribution in [3.63, 3.8) is 0 Å². The number of carboxylic acid groups (broad SMARTS) is 3. The quantitative estimate of drug-likeness (QED) is 0.0624. The van der Waals surface area contributed by atoms with Gasteiger partial charge in [-0.15, -0.1) is 0 Å². The zero-order chi connectivity index (χ0) is 39.3.